The van der Waals surface area contributed by atoms with E-state index in [1.165, 1.54) is 6.20 Å². The van der Waals surface area contributed by atoms with Gasteiger partial charge >= 0.3 is 0 Å². The summed E-state index contributed by atoms with van der Waals surface area (Å²) in [6.07, 6.45) is 3.07. The van der Waals surface area contributed by atoms with Crippen molar-refractivity contribution in [3.05, 3.63) is 95.2 Å². The Bertz CT molecular complexity index is 1570. The Morgan fingerprint density at radius 2 is 1.75 bits per heavy atom. The van der Waals surface area contributed by atoms with Crippen LogP contribution in [0.2, 0.25) is 0 Å². The summed E-state index contributed by atoms with van der Waals surface area (Å²) < 4.78 is 13.8. The Morgan fingerprint density at radius 1 is 0.972 bits per heavy atom. The topological polar surface area (TPSA) is 100 Å². The first-order chi connectivity index (χ1) is 17.6. The van der Waals surface area contributed by atoms with E-state index in [2.05, 4.69) is 33.6 Å². The number of methoxy groups -OCH3 is 1. The molecule has 3 aromatic carbocycles. The zero-order valence-electron chi connectivity index (χ0n) is 19.8. The molecule has 2 heterocycles. The number of ether oxygens (including phenoxy) is 2. The minimum Gasteiger partial charge on any atom is -0.497 e. The van der Waals surface area contributed by atoms with Crippen LogP contribution < -0.4 is 20.3 Å². The standard InChI is InChI=1S/C27H25N5O4/c1-35-21-9-11-22(12-10-21)36-17-25(33)28-13-14-32-26-24(15-30-32)27(34)31(18-29-26)16-20-7-4-6-19-5-2-3-8-23(19)20/h2-12,15,18H,13-14,16-17H2,1H3,(H,28,33). The van der Waals surface area contributed by atoms with E-state index in [1.54, 1.807) is 47.0 Å². The third-order valence-corrected chi connectivity index (χ3v) is 5.92. The van der Waals surface area contributed by atoms with Crippen molar-refractivity contribution in [2.24, 2.45) is 0 Å². The molecule has 36 heavy (non-hydrogen) atoms. The van der Waals surface area contributed by atoms with Crippen molar-refractivity contribution >= 4 is 27.7 Å². The number of hydrogen-bond donors (Lipinski definition) is 1. The molecule has 1 amide bonds. The molecule has 0 bridgehead atoms. The Hall–Kier alpha value is -4.66. The predicted molar refractivity (Wildman–Crippen MR) is 136 cm³/mol. The lowest BCUT2D eigenvalue weighted by atomic mass is 10.0. The molecule has 0 radical (unpaired) electrons. The summed E-state index contributed by atoms with van der Waals surface area (Å²) in [5.74, 6) is 1.04. The minimum atomic E-state index is -0.257. The van der Waals surface area contributed by atoms with Crippen molar-refractivity contribution in [2.75, 3.05) is 20.3 Å². The van der Waals surface area contributed by atoms with E-state index in [4.69, 9.17) is 9.47 Å². The van der Waals surface area contributed by atoms with Gasteiger partial charge < -0.3 is 14.8 Å². The van der Waals surface area contributed by atoms with Gasteiger partial charge in [-0.25, -0.2) is 9.67 Å². The van der Waals surface area contributed by atoms with Gasteiger partial charge in [0.2, 0.25) is 0 Å². The zero-order valence-corrected chi connectivity index (χ0v) is 19.8. The molecule has 9 nitrogen and oxygen atoms in total. The van der Waals surface area contributed by atoms with Crippen LogP contribution in [0.3, 0.4) is 0 Å². The second kappa shape index (κ2) is 10.3. The van der Waals surface area contributed by atoms with Crippen LogP contribution in [0.15, 0.2) is 84.0 Å². The molecule has 0 unspecified atom stereocenters. The lowest BCUT2D eigenvalue weighted by molar-refractivity contribution is -0.123. The maximum absolute atomic E-state index is 13.1. The minimum absolute atomic E-state index is 0.108. The van der Waals surface area contributed by atoms with Crippen LogP contribution in [0.1, 0.15) is 5.56 Å². The normalized spacial score (nSPS) is 11.0. The number of fused-ring (bicyclic) bond motifs is 2. The molecular weight excluding hydrogens is 458 g/mol. The fourth-order valence-corrected chi connectivity index (χ4v) is 4.06. The average molecular weight is 484 g/mol. The van der Waals surface area contributed by atoms with Gasteiger partial charge in [-0.3, -0.25) is 14.2 Å². The van der Waals surface area contributed by atoms with Crippen molar-refractivity contribution in [3.8, 4) is 11.5 Å². The van der Waals surface area contributed by atoms with Crippen molar-refractivity contribution in [1.29, 1.82) is 0 Å². The zero-order chi connectivity index (χ0) is 24.9. The highest BCUT2D eigenvalue weighted by Gasteiger charge is 2.12. The van der Waals surface area contributed by atoms with Gasteiger partial charge in [0.25, 0.3) is 11.5 Å². The molecule has 2 aromatic heterocycles. The number of carbonyl (C=O) groups is 1. The van der Waals surface area contributed by atoms with Gasteiger partial charge in [-0.15, -0.1) is 0 Å². The SMILES string of the molecule is COc1ccc(OCC(=O)NCCn2ncc3c(=O)n(Cc4cccc5ccccc45)cnc32)cc1. The number of carbonyl (C=O) groups excluding carboxylic acids is 1. The molecule has 0 spiro atoms. The highest BCUT2D eigenvalue weighted by Crippen LogP contribution is 2.19. The smallest absolute Gasteiger partial charge is 0.264 e. The fourth-order valence-electron chi connectivity index (χ4n) is 4.06. The number of nitrogens with one attached hydrogen (secondary N) is 1. The third kappa shape index (κ3) is 4.90. The number of nitrogens with zero attached hydrogens (tertiary/aromatic N) is 4. The molecular formula is C27H25N5O4. The lowest BCUT2D eigenvalue weighted by Crippen LogP contribution is -2.31. The lowest BCUT2D eigenvalue weighted by Gasteiger charge is -2.10. The summed E-state index contributed by atoms with van der Waals surface area (Å²) in [6.45, 7) is 1.00. The van der Waals surface area contributed by atoms with E-state index in [-0.39, 0.29) is 18.1 Å². The van der Waals surface area contributed by atoms with Gasteiger partial charge in [0.05, 0.1) is 26.4 Å². The van der Waals surface area contributed by atoms with Crippen LogP contribution in [-0.4, -0.2) is 45.5 Å². The van der Waals surface area contributed by atoms with E-state index in [9.17, 15) is 9.59 Å². The van der Waals surface area contributed by atoms with E-state index >= 15 is 0 Å². The molecule has 0 aliphatic carbocycles. The van der Waals surface area contributed by atoms with E-state index < -0.39 is 0 Å². The van der Waals surface area contributed by atoms with Crippen LogP contribution in [0.5, 0.6) is 11.5 Å². The Labute approximate surface area is 206 Å². The van der Waals surface area contributed by atoms with Gasteiger partial charge in [0.1, 0.15) is 23.2 Å². The number of benzene rings is 3. The summed E-state index contributed by atoms with van der Waals surface area (Å²) in [4.78, 5) is 29.7. The second-order valence-corrected chi connectivity index (χ2v) is 8.24. The number of hydrogen-bond acceptors (Lipinski definition) is 6. The summed E-state index contributed by atoms with van der Waals surface area (Å²) in [5.41, 5.74) is 1.37. The third-order valence-electron chi connectivity index (χ3n) is 5.92. The number of aromatic nitrogens is 4. The van der Waals surface area contributed by atoms with Crippen molar-refractivity contribution in [1.82, 2.24) is 24.6 Å². The Balaban J connectivity index is 1.21. The van der Waals surface area contributed by atoms with Crippen LogP contribution in [0, 0.1) is 0 Å². The summed E-state index contributed by atoms with van der Waals surface area (Å²) in [7, 11) is 1.59. The molecule has 5 aromatic rings. The van der Waals surface area contributed by atoms with Gasteiger partial charge in [-0.1, -0.05) is 42.5 Å². The molecule has 182 valence electrons. The second-order valence-electron chi connectivity index (χ2n) is 8.24. The maximum atomic E-state index is 13.1. The Kier molecular flexibility index (Phi) is 6.61. The average Bonchev–Trinajstić information content (AvgIpc) is 3.33. The summed E-state index contributed by atoms with van der Waals surface area (Å²) in [6, 6.07) is 21.1. The summed E-state index contributed by atoms with van der Waals surface area (Å²) >= 11 is 0. The van der Waals surface area contributed by atoms with E-state index in [1.807, 2.05) is 24.3 Å². The van der Waals surface area contributed by atoms with Crippen LogP contribution >= 0.6 is 0 Å². The molecule has 1 N–H and O–H groups in total. The molecule has 5 rings (SSSR count). The largest absolute Gasteiger partial charge is 0.497 e. The van der Waals surface area contributed by atoms with Crippen LogP contribution in [0.25, 0.3) is 21.8 Å². The van der Waals surface area contributed by atoms with Gasteiger partial charge in [0.15, 0.2) is 12.3 Å². The molecule has 0 fully saturated rings. The molecule has 0 atom stereocenters. The first-order valence-electron chi connectivity index (χ1n) is 11.5. The molecule has 0 saturated heterocycles. The first kappa shape index (κ1) is 23.1. The van der Waals surface area contributed by atoms with Gasteiger partial charge in [0, 0.05) is 6.54 Å². The highest BCUT2D eigenvalue weighted by molar-refractivity contribution is 5.85. The van der Waals surface area contributed by atoms with Crippen LogP contribution in [-0.2, 0) is 17.9 Å². The molecule has 9 heteroatoms. The van der Waals surface area contributed by atoms with Gasteiger partial charge in [-0.2, -0.15) is 5.10 Å². The van der Waals surface area contributed by atoms with E-state index in [0.29, 0.717) is 42.2 Å². The maximum Gasteiger partial charge on any atom is 0.264 e. The highest BCUT2D eigenvalue weighted by atomic mass is 16.5. The van der Waals surface area contributed by atoms with Crippen molar-refractivity contribution in [3.63, 3.8) is 0 Å². The number of amides is 1. The van der Waals surface area contributed by atoms with Gasteiger partial charge in [-0.05, 0) is 40.6 Å². The fraction of sp³-hybridized carbons (Fsp3) is 0.185. The quantitative estimate of drug-likeness (QED) is 0.346. The predicted octanol–water partition coefficient (Wildman–Crippen LogP) is 3.00. The molecule has 0 aliphatic heterocycles. The van der Waals surface area contributed by atoms with E-state index in [0.717, 1.165) is 16.3 Å². The van der Waals surface area contributed by atoms with Crippen molar-refractivity contribution in [2.45, 2.75) is 13.1 Å². The summed E-state index contributed by atoms with van der Waals surface area (Å²) in [5, 5.41) is 9.77. The molecule has 0 aliphatic rings. The molecule has 0 saturated carbocycles. The first-order valence-corrected chi connectivity index (χ1v) is 11.5. The van der Waals surface area contributed by atoms with Crippen molar-refractivity contribution < 1.29 is 14.3 Å². The Morgan fingerprint density at radius 3 is 2.58 bits per heavy atom. The monoisotopic (exact) mass is 483 g/mol. The van der Waals surface area contributed by atoms with Crippen LogP contribution in [0.4, 0.5) is 0 Å². The number of rotatable bonds is 9.